The summed E-state index contributed by atoms with van der Waals surface area (Å²) < 4.78 is 1.69. The van der Waals surface area contributed by atoms with Crippen LogP contribution in [0, 0.1) is 0 Å². The number of amides is 2. The number of nitrogens with zero attached hydrogens (tertiary/aromatic N) is 5. The lowest BCUT2D eigenvalue weighted by molar-refractivity contribution is -0.124. The molecule has 1 fully saturated rings. The number of benzene rings is 2. The van der Waals surface area contributed by atoms with Crippen LogP contribution < -0.4 is 14.7 Å². The predicted octanol–water partition coefficient (Wildman–Crippen LogP) is 4.63. The van der Waals surface area contributed by atoms with E-state index in [1.807, 2.05) is 54.5 Å². The second-order valence-corrected chi connectivity index (χ2v) is 10.2. The van der Waals surface area contributed by atoms with Crippen LogP contribution >= 0.6 is 0 Å². The first kappa shape index (κ1) is 22.8. The predicted molar refractivity (Wildman–Crippen MR) is 141 cm³/mol. The summed E-state index contributed by atoms with van der Waals surface area (Å²) in [5.74, 6) is 0.400. The van der Waals surface area contributed by atoms with Crippen LogP contribution in [0.4, 0.5) is 17.2 Å². The Kier molecular flexibility index (Phi) is 5.99. The molecule has 2 aliphatic heterocycles. The largest absolute Gasteiger partial charge is 0.362 e. The summed E-state index contributed by atoms with van der Waals surface area (Å²) >= 11 is 0. The normalized spacial score (nSPS) is 19.8. The van der Waals surface area contributed by atoms with Crippen molar-refractivity contribution >= 4 is 29.0 Å². The summed E-state index contributed by atoms with van der Waals surface area (Å²) in [4.78, 5) is 34.1. The van der Waals surface area contributed by atoms with Gasteiger partial charge in [0, 0.05) is 48.8 Å². The third-order valence-corrected chi connectivity index (χ3v) is 7.91. The number of anilines is 3. The molecule has 0 bridgehead atoms. The van der Waals surface area contributed by atoms with Crippen molar-refractivity contribution in [1.82, 2.24) is 9.78 Å². The van der Waals surface area contributed by atoms with Gasteiger partial charge >= 0.3 is 0 Å². The standard InChI is InChI=1S/C29H33N5O2/c1-31-19-17-26(30-31)34(27(35)20-32-18-9-11-21-10-5-7-15-24(21)32)28-23-14-6-8-16-25(23)33(29(28)36)22-12-3-2-4-13-22/h5-8,10,14-17,19,22,28H,2-4,9,11-13,18,20H2,1H3. The Bertz CT molecular complexity index is 1280. The van der Waals surface area contributed by atoms with Crippen LogP contribution in [0.1, 0.15) is 55.7 Å². The van der Waals surface area contributed by atoms with Gasteiger partial charge in [-0.2, -0.15) is 5.10 Å². The minimum atomic E-state index is -0.703. The maximum atomic E-state index is 14.2. The molecule has 2 amide bonds. The molecule has 1 aliphatic carbocycles. The van der Waals surface area contributed by atoms with Crippen molar-refractivity contribution < 1.29 is 9.59 Å². The molecule has 0 N–H and O–H groups in total. The van der Waals surface area contributed by atoms with Crippen molar-refractivity contribution in [2.24, 2.45) is 7.05 Å². The van der Waals surface area contributed by atoms with Crippen molar-refractivity contribution in [3.05, 3.63) is 71.9 Å². The van der Waals surface area contributed by atoms with E-state index in [4.69, 9.17) is 0 Å². The van der Waals surface area contributed by atoms with Crippen molar-refractivity contribution in [2.75, 3.05) is 27.8 Å². The van der Waals surface area contributed by atoms with E-state index in [9.17, 15) is 9.59 Å². The Labute approximate surface area is 212 Å². The first-order chi connectivity index (χ1) is 17.6. The van der Waals surface area contributed by atoms with Gasteiger partial charge in [0.2, 0.25) is 5.91 Å². The van der Waals surface area contributed by atoms with Crippen LogP contribution in [-0.2, 0) is 23.1 Å². The lowest BCUT2D eigenvalue weighted by Gasteiger charge is -2.35. The average Bonchev–Trinajstić information content (AvgIpc) is 3.46. The van der Waals surface area contributed by atoms with Crippen molar-refractivity contribution in [2.45, 2.75) is 57.0 Å². The highest BCUT2D eigenvalue weighted by Gasteiger charge is 2.46. The molecule has 6 rings (SSSR count). The molecule has 2 aromatic carbocycles. The van der Waals surface area contributed by atoms with E-state index < -0.39 is 6.04 Å². The van der Waals surface area contributed by atoms with Crippen LogP contribution in [0.15, 0.2) is 60.8 Å². The third kappa shape index (κ3) is 3.96. The smallest absolute Gasteiger partial charge is 0.255 e. The molecule has 7 heteroatoms. The summed E-state index contributed by atoms with van der Waals surface area (Å²) in [7, 11) is 1.84. The minimum Gasteiger partial charge on any atom is -0.362 e. The highest BCUT2D eigenvalue weighted by Crippen LogP contribution is 2.44. The Hall–Kier alpha value is -3.61. The first-order valence-electron chi connectivity index (χ1n) is 13.2. The Morgan fingerprint density at radius 2 is 1.72 bits per heavy atom. The van der Waals surface area contributed by atoms with Gasteiger partial charge in [0.05, 0.1) is 6.54 Å². The number of aromatic nitrogens is 2. The van der Waals surface area contributed by atoms with E-state index >= 15 is 0 Å². The molecule has 1 saturated carbocycles. The molecule has 1 unspecified atom stereocenters. The Morgan fingerprint density at radius 3 is 2.50 bits per heavy atom. The lowest BCUT2D eigenvalue weighted by atomic mass is 9.94. The second-order valence-electron chi connectivity index (χ2n) is 10.2. The molecule has 1 aromatic heterocycles. The summed E-state index contributed by atoms with van der Waals surface area (Å²) in [6, 6.07) is 17.6. The molecule has 0 spiro atoms. The number of hydrogen-bond acceptors (Lipinski definition) is 4. The van der Waals surface area contributed by atoms with Gasteiger partial charge in [-0.1, -0.05) is 55.7 Å². The maximum absolute atomic E-state index is 14.2. The summed E-state index contributed by atoms with van der Waals surface area (Å²) in [6.45, 7) is 1.03. The lowest BCUT2D eigenvalue weighted by Crippen LogP contribution is -2.48. The average molecular weight is 484 g/mol. The van der Waals surface area contributed by atoms with E-state index in [1.165, 1.54) is 12.0 Å². The van der Waals surface area contributed by atoms with Gasteiger partial charge in [0.25, 0.3) is 5.91 Å². The highest BCUT2D eigenvalue weighted by atomic mass is 16.2. The molecular weight excluding hydrogens is 450 g/mol. The van der Waals surface area contributed by atoms with E-state index in [0.717, 1.165) is 62.0 Å². The van der Waals surface area contributed by atoms with E-state index in [-0.39, 0.29) is 24.4 Å². The molecule has 0 saturated heterocycles. The molecule has 36 heavy (non-hydrogen) atoms. The van der Waals surface area contributed by atoms with Gasteiger partial charge in [0.15, 0.2) is 5.82 Å². The van der Waals surface area contributed by atoms with Crippen LogP contribution in [0.3, 0.4) is 0 Å². The number of hydrogen-bond donors (Lipinski definition) is 0. The van der Waals surface area contributed by atoms with Gasteiger partial charge in [-0.3, -0.25) is 19.2 Å². The number of rotatable bonds is 5. The van der Waals surface area contributed by atoms with Crippen molar-refractivity contribution in [3.63, 3.8) is 0 Å². The molecule has 0 radical (unpaired) electrons. The molecule has 3 aliphatic rings. The number of carbonyl (C=O) groups excluding carboxylic acids is 2. The minimum absolute atomic E-state index is 0.0128. The maximum Gasteiger partial charge on any atom is 0.255 e. The van der Waals surface area contributed by atoms with Crippen LogP contribution in [0.25, 0.3) is 0 Å². The fourth-order valence-electron chi connectivity index (χ4n) is 6.24. The molecule has 186 valence electrons. The highest BCUT2D eigenvalue weighted by molar-refractivity contribution is 6.12. The second kappa shape index (κ2) is 9.45. The Morgan fingerprint density at radius 1 is 0.972 bits per heavy atom. The number of aryl methyl sites for hydroxylation is 2. The van der Waals surface area contributed by atoms with Gasteiger partial charge in [-0.25, -0.2) is 0 Å². The summed E-state index contributed by atoms with van der Waals surface area (Å²) in [5.41, 5.74) is 4.22. The molecule has 1 atom stereocenters. The molecule has 3 heterocycles. The molecule has 7 nitrogen and oxygen atoms in total. The van der Waals surface area contributed by atoms with Gasteiger partial charge in [-0.05, 0) is 43.4 Å². The first-order valence-corrected chi connectivity index (χ1v) is 13.2. The van der Waals surface area contributed by atoms with Crippen LogP contribution in [0.2, 0.25) is 0 Å². The Balaban J connectivity index is 1.38. The fraction of sp³-hybridized carbons (Fsp3) is 0.414. The van der Waals surface area contributed by atoms with E-state index in [1.54, 1.807) is 9.58 Å². The fourth-order valence-corrected chi connectivity index (χ4v) is 6.24. The van der Waals surface area contributed by atoms with Crippen LogP contribution in [0.5, 0.6) is 0 Å². The number of fused-ring (bicyclic) bond motifs is 2. The van der Waals surface area contributed by atoms with Crippen molar-refractivity contribution in [3.8, 4) is 0 Å². The zero-order chi connectivity index (χ0) is 24.6. The van der Waals surface area contributed by atoms with E-state index in [0.29, 0.717) is 5.82 Å². The number of para-hydroxylation sites is 2. The zero-order valence-electron chi connectivity index (χ0n) is 20.8. The van der Waals surface area contributed by atoms with Gasteiger partial charge in [-0.15, -0.1) is 0 Å². The van der Waals surface area contributed by atoms with Gasteiger partial charge < -0.3 is 9.80 Å². The van der Waals surface area contributed by atoms with Gasteiger partial charge in [0.1, 0.15) is 6.04 Å². The van der Waals surface area contributed by atoms with E-state index in [2.05, 4.69) is 28.2 Å². The summed E-state index contributed by atoms with van der Waals surface area (Å²) in [5, 5.41) is 4.59. The third-order valence-electron chi connectivity index (χ3n) is 7.91. The quantitative estimate of drug-likeness (QED) is 0.531. The SMILES string of the molecule is Cn1ccc(N(C(=O)CN2CCCc3ccccc32)C2C(=O)N(C3CCCCC3)c3ccccc32)n1. The number of carbonyl (C=O) groups is 2. The molecular formula is C29H33N5O2. The van der Waals surface area contributed by atoms with Crippen molar-refractivity contribution in [1.29, 1.82) is 0 Å². The topological polar surface area (TPSA) is 61.7 Å². The monoisotopic (exact) mass is 483 g/mol. The zero-order valence-corrected chi connectivity index (χ0v) is 20.8. The van der Waals surface area contributed by atoms with Crippen LogP contribution in [-0.4, -0.2) is 40.7 Å². The summed E-state index contributed by atoms with van der Waals surface area (Å²) in [6.07, 6.45) is 9.38. The molecule has 3 aromatic rings.